The number of carbonyl (C=O) groups is 2. The molecule has 0 aromatic heterocycles. The maximum Gasteiger partial charge on any atom is 0.259 e. The van der Waals surface area contributed by atoms with Crippen LogP contribution in [0, 0.1) is 0 Å². The molecule has 0 saturated carbocycles. The van der Waals surface area contributed by atoms with Gasteiger partial charge in [0, 0.05) is 11.4 Å². The fourth-order valence-corrected chi connectivity index (χ4v) is 2.93. The zero-order chi connectivity index (χ0) is 22.8. The minimum atomic E-state index is -0.323. The highest BCUT2D eigenvalue weighted by Gasteiger charge is 2.14. The number of anilines is 2. The lowest BCUT2D eigenvalue weighted by Gasteiger charge is -2.13. The Balaban J connectivity index is 1.73. The first-order valence-electron chi connectivity index (χ1n) is 10.0. The molecular formula is C26H24N2O4. The highest BCUT2D eigenvalue weighted by atomic mass is 16.5. The number of benzene rings is 3. The number of amides is 2. The molecule has 0 atom stereocenters. The third kappa shape index (κ3) is 5.86. The van der Waals surface area contributed by atoms with Gasteiger partial charge in [0.2, 0.25) is 0 Å². The average Bonchev–Trinajstić information content (AvgIpc) is 2.82. The maximum atomic E-state index is 12.8. The van der Waals surface area contributed by atoms with Gasteiger partial charge in [-0.3, -0.25) is 9.59 Å². The van der Waals surface area contributed by atoms with Gasteiger partial charge in [0.1, 0.15) is 24.7 Å². The van der Waals surface area contributed by atoms with Crippen molar-refractivity contribution in [3.8, 4) is 11.5 Å². The second-order valence-corrected chi connectivity index (χ2v) is 6.68. The Morgan fingerprint density at radius 3 is 1.56 bits per heavy atom. The first kappa shape index (κ1) is 22.4. The third-order valence-electron chi connectivity index (χ3n) is 4.36. The SMILES string of the molecule is C=CCOc1ccccc1C(=O)Nc1cccc(NC(=O)c2ccccc2OCC=C)c1. The Morgan fingerprint density at radius 1 is 0.688 bits per heavy atom. The molecule has 0 saturated heterocycles. The zero-order valence-corrected chi connectivity index (χ0v) is 17.5. The summed E-state index contributed by atoms with van der Waals surface area (Å²) in [5.74, 6) is 0.281. The molecule has 32 heavy (non-hydrogen) atoms. The fraction of sp³-hybridized carbons (Fsp3) is 0.0769. The van der Waals surface area contributed by atoms with Crippen molar-refractivity contribution in [2.45, 2.75) is 0 Å². The number of nitrogens with one attached hydrogen (secondary N) is 2. The number of para-hydroxylation sites is 2. The molecule has 0 aliphatic rings. The van der Waals surface area contributed by atoms with E-state index in [1.807, 2.05) is 0 Å². The number of hydrogen-bond donors (Lipinski definition) is 2. The predicted octanol–water partition coefficient (Wildman–Crippen LogP) is 5.32. The number of hydrogen-bond acceptors (Lipinski definition) is 4. The highest BCUT2D eigenvalue weighted by Crippen LogP contribution is 2.23. The molecule has 6 heteroatoms. The quantitative estimate of drug-likeness (QED) is 0.429. The summed E-state index contributed by atoms with van der Waals surface area (Å²) >= 11 is 0. The van der Waals surface area contributed by atoms with Crippen LogP contribution in [0.3, 0.4) is 0 Å². The second kappa shape index (κ2) is 11.2. The van der Waals surface area contributed by atoms with E-state index < -0.39 is 0 Å². The van der Waals surface area contributed by atoms with Gasteiger partial charge in [-0.25, -0.2) is 0 Å². The summed E-state index contributed by atoms with van der Waals surface area (Å²) < 4.78 is 11.1. The van der Waals surface area contributed by atoms with Gasteiger partial charge >= 0.3 is 0 Å². The zero-order valence-electron chi connectivity index (χ0n) is 17.5. The van der Waals surface area contributed by atoms with Crippen LogP contribution in [0.4, 0.5) is 11.4 Å². The Hall–Kier alpha value is -4.32. The molecule has 0 aliphatic heterocycles. The van der Waals surface area contributed by atoms with E-state index in [-0.39, 0.29) is 11.8 Å². The summed E-state index contributed by atoms with van der Waals surface area (Å²) in [6, 6.07) is 20.8. The van der Waals surface area contributed by atoms with Crippen molar-refractivity contribution in [3.05, 3.63) is 109 Å². The van der Waals surface area contributed by atoms with Crippen molar-refractivity contribution in [1.82, 2.24) is 0 Å². The minimum absolute atomic E-state index is 0.295. The molecule has 0 spiro atoms. The summed E-state index contributed by atoms with van der Waals surface area (Å²) in [4.78, 5) is 25.5. The molecule has 6 nitrogen and oxygen atoms in total. The van der Waals surface area contributed by atoms with Crippen LogP contribution in [0.15, 0.2) is 98.1 Å². The van der Waals surface area contributed by atoms with Gasteiger partial charge in [-0.15, -0.1) is 0 Å². The Bertz CT molecular complexity index is 1040. The lowest BCUT2D eigenvalue weighted by molar-refractivity contribution is 0.101. The van der Waals surface area contributed by atoms with Crippen LogP contribution in [0.1, 0.15) is 20.7 Å². The van der Waals surface area contributed by atoms with Gasteiger partial charge in [-0.2, -0.15) is 0 Å². The fourth-order valence-electron chi connectivity index (χ4n) is 2.93. The average molecular weight is 428 g/mol. The van der Waals surface area contributed by atoms with Crippen LogP contribution in [-0.4, -0.2) is 25.0 Å². The summed E-state index contributed by atoms with van der Waals surface area (Å²) in [6.45, 7) is 7.83. The van der Waals surface area contributed by atoms with Crippen molar-refractivity contribution in [1.29, 1.82) is 0 Å². The molecule has 0 heterocycles. The van der Waals surface area contributed by atoms with E-state index in [0.717, 1.165) is 0 Å². The van der Waals surface area contributed by atoms with E-state index in [1.165, 1.54) is 0 Å². The number of ether oxygens (including phenoxy) is 2. The third-order valence-corrected chi connectivity index (χ3v) is 4.36. The minimum Gasteiger partial charge on any atom is -0.489 e. The van der Waals surface area contributed by atoms with Crippen LogP contribution in [0.25, 0.3) is 0 Å². The van der Waals surface area contributed by atoms with Crippen LogP contribution in [0.5, 0.6) is 11.5 Å². The monoisotopic (exact) mass is 428 g/mol. The Kier molecular flexibility index (Phi) is 7.81. The Labute approximate surface area is 187 Å². The van der Waals surface area contributed by atoms with E-state index in [4.69, 9.17) is 9.47 Å². The van der Waals surface area contributed by atoms with Crippen molar-refractivity contribution < 1.29 is 19.1 Å². The molecule has 2 N–H and O–H groups in total. The Morgan fingerprint density at radius 2 is 1.12 bits per heavy atom. The van der Waals surface area contributed by atoms with Crippen molar-refractivity contribution >= 4 is 23.2 Å². The van der Waals surface area contributed by atoms with E-state index in [1.54, 1.807) is 84.9 Å². The molecular weight excluding hydrogens is 404 g/mol. The number of rotatable bonds is 10. The summed E-state index contributed by atoms with van der Waals surface area (Å²) in [5.41, 5.74) is 1.86. The summed E-state index contributed by atoms with van der Waals surface area (Å²) in [6.07, 6.45) is 3.23. The van der Waals surface area contributed by atoms with Crippen LogP contribution in [-0.2, 0) is 0 Å². The van der Waals surface area contributed by atoms with E-state index >= 15 is 0 Å². The first-order chi connectivity index (χ1) is 15.6. The molecule has 3 aromatic rings. The molecule has 3 aromatic carbocycles. The van der Waals surface area contributed by atoms with Gasteiger partial charge in [-0.1, -0.05) is 55.6 Å². The molecule has 2 amide bonds. The molecule has 0 fully saturated rings. The number of carbonyl (C=O) groups excluding carboxylic acids is 2. The van der Waals surface area contributed by atoms with Crippen molar-refractivity contribution in [3.63, 3.8) is 0 Å². The van der Waals surface area contributed by atoms with Gasteiger partial charge in [0.05, 0.1) is 11.1 Å². The van der Waals surface area contributed by atoms with Gasteiger partial charge in [-0.05, 0) is 42.5 Å². The normalized spacial score (nSPS) is 10.0. The smallest absolute Gasteiger partial charge is 0.259 e. The molecule has 0 radical (unpaired) electrons. The second-order valence-electron chi connectivity index (χ2n) is 6.68. The highest BCUT2D eigenvalue weighted by molar-refractivity contribution is 6.08. The molecule has 162 valence electrons. The van der Waals surface area contributed by atoms with Gasteiger partial charge < -0.3 is 20.1 Å². The van der Waals surface area contributed by atoms with Crippen molar-refractivity contribution in [2.24, 2.45) is 0 Å². The van der Waals surface area contributed by atoms with Gasteiger partial charge in [0.25, 0.3) is 11.8 Å². The van der Waals surface area contributed by atoms with E-state index in [0.29, 0.717) is 47.2 Å². The predicted molar refractivity (Wildman–Crippen MR) is 127 cm³/mol. The van der Waals surface area contributed by atoms with Crippen LogP contribution < -0.4 is 20.1 Å². The largest absolute Gasteiger partial charge is 0.489 e. The lowest BCUT2D eigenvalue weighted by atomic mass is 10.1. The molecule has 3 rings (SSSR count). The molecule has 0 bridgehead atoms. The summed E-state index contributed by atoms with van der Waals surface area (Å²) in [5, 5.41) is 5.67. The first-order valence-corrected chi connectivity index (χ1v) is 10.0. The van der Waals surface area contributed by atoms with Crippen LogP contribution >= 0.6 is 0 Å². The molecule has 0 unspecified atom stereocenters. The topological polar surface area (TPSA) is 76.7 Å². The van der Waals surface area contributed by atoms with Gasteiger partial charge in [0.15, 0.2) is 0 Å². The molecule has 0 aliphatic carbocycles. The van der Waals surface area contributed by atoms with Crippen LogP contribution in [0.2, 0.25) is 0 Å². The van der Waals surface area contributed by atoms with E-state index in [2.05, 4.69) is 23.8 Å². The lowest BCUT2D eigenvalue weighted by Crippen LogP contribution is -2.15. The van der Waals surface area contributed by atoms with E-state index in [9.17, 15) is 9.59 Å². The van der Waals surface area contributed by atoms with Crippen molar-refractivity contribution in [2.75, 3.05) is 23.8 Å². The summed E-state index contributed by atoms with van der Waals surface area (Å²) in [7, 11) is 0. The standard InChI is InChI=1S/C26H24N2O4/c1-3-16-31-23-14-7-5-12-21(23)25(29)27-19-10-9-11-20(18-19)28-26(30)22-13-6-8-15-24(22)32-17-4-2/h3-15,18H,1-2,16-17H2,(H,27,29)(H,28,30). The maximum absolute atomic E-state index is 12.8.